The number of carbonyl (C=O) groups is 1. The fourth-order valence-corrected chi connectivity index (χ4v) is 2.02. The Morgan fingerprint density at radius 3 is 2.79 bits per heavy atom. The molecule has 1 N–H and O–H groups in total. The van der Waals surface area contributed by atoms with E-state index in [-0.39, 0.29) is 5.56 Å². The summed E-state index contributed by atoms with van der Waals surface area (Å²) in [5.74, 6) is -0.796. The molecule has 7 nitrogen and oxygen atoms in total. The third-order valence-electron chi connectivity index (χ3n) is 3.04. The zero-order valence-electron chi connectivity index (χ0n) is 10.6. The Morgan fingerprint density at radius 2 is 2.32 bits per heavy atom. The molecule has 1 aliphatic carbocycles. The highest BCUT2D eigenvalue weighted by Gasteiger charge is 2.31. The predicted octanol–water partition coefficient (Wildman–Crippen LogP) is 2.07. The molecule has 1 aromatic heterocycles. The molecule has 2 rings (SSSR count). The normalized spacial score (nSPS) is 14.2. The summed E-state index contributed by atoms with van der Waals surface area (Å²) in [7, 11) is 0. The van der Waals surface area contributed by atoms with Crippen molar-refractivity contribution in [2.75, 3.05) is 11.4 Å². The minimum Gasteiger partial charge on any atom is -0.477 e. The number of nitrogens with zero attached hydrogens (tertiary/aromatic N) is 3. The van der Waals surface area contributed by atoms with Gasteiger partial charge in [0.15, 0.2) is 0 Å². The standard InChI is InChI=1S/C12H15N3O4/c1-2-5-14(8-3-4-8)11-6-9(12(16)17)10(7-13-11)15(18)19/h6-8H,2-5H2,1H3,(H,16,17). The fraction of sp³-hybridized carbons (Fsp3) is 0.500. The van der Waals surface area contributed by atoms with Gasteiger partial charge in [0, 0.05) is 18.7 Å². The summed E-state index contributed by atoms with van der Waals surface area (Å²) in [6.07, 6.45) is 4.06. The second-order valence-electron chi connectivity index (χ2n) is 4.55. The Hall–Kier alpha value is -2.18. The molecule has 0 radical (unpaired) electrons. The number of nitro groups is 1. The maximum absolute atomic E-state index is 11.1. The highest BCUT2D eigenvalue weighted by atomic mass is 16.6. The molecule has 7 heteroatoms. The third kappa shape index (κ3) is 2.81. The molecule has 0 bridgehead atoms. The van der Waals surface area contributed by atoms with E-state index in [4.69, 9.17) is 5.11 Å². The van der Waals surface area contributed by atoms with Crippen molar-refractivity contribution in [3.8, 4) is 0 Å². The molecular weight excluding hydrogens is 250 g/mol. The van der Waals surface area contributed by atoms with Crippen LogP contribution in [0.1, 0.15) is 36.5 Å². The molecule has 0 aromatic carbocycles. The summed E-state index contributed by atoms with van der Waals surface area (Å²) in [6, 6.07) is 1.68. The molecule has 1 aliphatic rings. The Morgan fingerprint density at radius 1 is 1.63 bits per heavy atom. The summed E-state index contributed by atoms with van der Waals surface area (Å²) in [5.41, 5.74) is -0.778. The number of pyridine rings is 1. The largest absolute Gasteiger partial charge is 0.477 e. The van der Waals surface area contributed by atoms with Crippen molar-refractivity contribution >= 4 is 17.5 Å². The Kier molecular flexibility index (Phi) is 3.64. The fourth-order valence-electron chi connectivity index (χ4n) is 2.02. The molecule has 0 atom stereocenters. The van der Waals surface area contributed by atoms with Gasteiger partial charge >= 0.3 is 11.7 Å². The van der Waals surface area contributed by atoms with Crippen LogP contribution in [0.4, 0.5) is 11.5 Å². The van der Waals surface area contributed by atoms with E-state index in [1.54, 1.807) is 0 Å². The topological polar surface area (TPSA) is 96.6 Å². The van der Waals surface area contributed by atoms with Crippen LogP contribution < -0.4 is 4.90 Å². The van der Waals surface area contributed by atoms with Gasteiger partial charge in [0.1, 0.15) is 17.6 Å². The first-order chi connectivity index (χ1) is 9.04. The minimum atomic E-state index is -1.30. The van der Waals surface area contributed by atoms with Gasteiger partial charge in [-0.05, 0) is 19.3 Å². The number of rotatable bonds is 6. The average Bonchev–Trinajstić information content (AvgIpc) is 3.19. The summed E-state index contributed by atoms with van der Waals surface area (Å²) < 4.78 is 0. The van der Waals surface area contributed by atoms with Crippen LogP contribution in [0.15, 0.2) is 12.3 Å². The number of carboxylic acids is 1. The van der Waals surface area contributed by atoms with Crippen LogP contribution >= 0.6 is 0 Å². The van der Waals surface area contributed by atoms with Crippen molar-refractivity contribution in [2.45, 2.75) is 32.2 Å². The quantitative estimate of drug-likeness (QED) is 0.624. The molecule has 102 valence electrons. The van der Waals surface area contributed by atoms with E-state index in [0.29, 0.717) is 11.9 Å². The van der Waals surface area contributed by atoms with Crippen LogP contribution in [0.2, 0.25) is 0 Å². The number of carboxylic acid groups (broad SMARTS) is 1. The molecule has 0 amide bonds. The SMILES string of the molecule is CCCN(c1cc(C(=O)O)c([N+](=O)[O-])cn1)C1CC1. The molecule has 1 fully saturated rings. The van der Waals surface area contributed by atoms with E-state index >= 15 is 0 Å². The van der Waals surface area contributed by atoms with Crippen LogP contribution in [0.3, 0.4) is 0 Å². The lowest BCUT2D eigenvalue weighted by molar-refractivity contribution is -0.385. The Balaban J connectivity index is 2.38. The van der Waals surface area contributed by atoms with Crippen LogP contribution in [0, 0.1) is 10.1 Å². The van der Waals surface area contributed by atoms with Crippen molar-refractivity contribution in [2.24, 2.45) is 0 Å². The highest BCUT2D eigenvalue weighted by Crippen LogP contribution is 2.32. The molecule has 19 heavy (non-hydrogen) atoms. The van der Waals surface area contributed by atoms with E-state index in [2.05, 4.69) is 4.98 Å². The van der Waals surface area contributed by atoms with Gasteiger partial charge in [-0.3, -0.25) is 10.1 Å². The van der Waals surface area contributed by atoms with Gasteiger partial charge in [-0.15, -0.1) is 0 Å². The molecule has 0 unspecified atom stereocenters. The summed E-state index contributed by atoms with van der Waals surface area (Å²) in [4.78, 5) is 27.2. The minimum absolute atomic E-state index is 0.309. The number of hydrogen-bond donors (Lipinski definition) is 1. The number of aromatic carboxylic acids is 1. The Bertz CT molecular complexity index is 514. The van der Waals surface area contributed by atoms with Gasteiger partial charge < -0.3 is 10.0 Å². The van der Waals surface area contributed by atoms with Gasteiger partial charge in [0.2, 0.25) is 0 Å². The zero-order chi connectivity index (χ0) is 14.0. The molecular formula is C12H15N3O4. The molecule has 1 saturated carbocycles. The van der Waals surface area contributed by atoms with E-state index in [9.17, 15) is 14.9 Å². The van der Waals surface area contributed by atoms with Gasteiger partial charge in [-0.1, -0.05) is 6.92 Å². The summed E-state index contributed by atoms with van der Waals surface area (Å²) >= 11 is 0. The van der Waals surface area contributed by atoms with E-state index in [1.807, 2.05) is 11.8 Å². The van der Waals surface area contributed by atoms with Crippen molar-refractivity contribution < 1.29 is 14.8 Å². The molecule has 1 heterocycles. The van der Waals surface area contributed by atoms with E-state index < -0.39 is 16.6 Å². The van der Waals surface area contributed by atoms with E-state index in [1.165, 1.54) is 6.07 Å². The van der Waals surface area contributed by atoms with Crippen LogP contribution in [0.5, 0.6) is 0 Å². The molecule has 0 aliphatic heterocycles. The maximum atomic E-state index is 11.1. The van der Waals surface area contributed by atoms with Gasteiger partial charge in [0.25, 0.3) is 0 Å². The smallest absolute Gasteiger partial charge is 0.342 e. The third-order valence-corrected chi connectivity index (χ3v) is 3.04. The van der Waals surface area contributed by atoms with Crippen molar-refractivity contribution in [3.05, 3.63) is 27.9 Å². The monoisotopic (exact) mass is 265 g/mol. The predicted molar refractivity (Wildman–Crippen MR) is 68.5 cm³/mol. The van der Waals surface area contributed by atoms with Crippen LogP contribution in [-0.4, -0.2) is 33.6 Å². The first kappa shape index (κ1) is 13.3. The first-order valence-electron chi connectivity index (χ1n) is 6.19. The van der Waals surface area contributed by atoms with Gasteiger partial charge in [-0.2, -0.15) is 0 Å². The average molecular weight is 265 g/mol. The van der Waals surface area contributed by atoms with Crippen molar-refractivity contribution in [1.82, 2.24) is 4.98 Å². The lowest BCUT2D eigenvalue weighted by Crippen LogP contribution is -2.27. The first-order valence-corrected chi connectivity index (χ1v) is 6.19. The Labute approximate surface area is 110 Å². The second kappa shape index (κ2) is 5.21. The summed E-state index contributed by atoms with van der Waals surface area (Å²) in [6.45, 7) is 2.80. The zero-order valence-corrected chi connectivity index (χ0v) is 10.6. The molecule has 1 aromatic rings. The lowest BCUT2D eigenvalue weighted by Gasteiger charge is -2.22. The molecule has 0 saturated heterocycles. The van der Waals surface area contributed by atoms with Crippen molar-refractivity contribution in [1.29, 1.82) is 0 Å². The van der Waals surface area contributed by atoms with Crippen LogP contribution in [0.25, 0.3) is 0 Å². The summed E-state index contributed by atoms with van der Waals surface area (Å²) in [5, 5.41) is 19.8. The molecule has 0 spiro atoms. The number of anilines is 1. The second-order valence-corrected chi connectivity index (χ2v) is 4.55. The van der Waals surface area contributed by atoms with Crippen molar-refractivity contribution in [3.63, 3.8) is 0 Å². The highest BCUT2D eigenvalue weighted by molar-refractivity contribution is 5.93. The maximum Gasteiger partial charge on any atom is 0.342 e. The number of aromatic nitrogens is 1. The lowest BCUT2D eigenvalue weighted by atomic mass is 10.2. The number of hydrogen-bond acceptors (Lipinski definition) is 5. The van der Waals surface area contributed by atoms with Crippen LogP contribution in [-0.2, 0) is 0 Å². The van der Waals surface area contributed by atoms with E-state index in [0.717, 1.165) is 32.0 Å². The van der Waals surface area contributed by atoms with Gasteiger partial charge in [0.05, 0.1) is 4.92 Å². The van der Waals surface area contributed by atoms with Gasteiger partial charge in [-0.25, -0.2) is 9.78 Å².